The molecular weight excluding hydrogens is 400 g/mol. The van der Waals surface area contributed by atoms with Gasteiger partial charge in [-0.1, -0.05) is 77.5 Å². The minimum atomic E-state index is -0.305. The molecule has 1 unspecified atom stereocenters. The van der Waals surface area contributed by atoms with E-state index in [0.717, 1.165) is 37.2 Å². The van der Waals surface area contributed by atoms with Crippen molar-refractivity contribution in [2.45, 2.75) is 6.04 Å². The van der Waals surface area contributed by atoms with Gasteiger partial charge in [0.05, 0.1) is 16.3 Å². The van der Waals surface area contributed by atoms with Crippen molar-refractivity contribution in [1.29, 1.82) is 0 Å². The highest BCUT2D eigenvalue weighted by Crippen LogP contribution is 2.39. The lowest BCUT2D eigenvalue weighted by Crippen LogP contribution is -2.13. The number of phenolic OH excluding ortho intramolecular Hbond substituents is 1. The van der Waals surface area contributed by atoms with Gasteiger partial charge in [0.25, 0.3) is 0 Å². The Labute approximate surface area is 177 Å². The van der Waals surface area contributed by atoms with Gasteiger partial charge >= 0.3 is 0 Å². The molecule has 0 aliphatic rings. The first kappa shape index (κ1) is 18.0. The Morgan fingerprint density at radius 3 is 2.59 bits per heavy atom. The first-order valence-electron chi connectivity index (χ1n) is 9.27. The fourth-order valence-electron chi connectivity index (χ4n) is 3.65. The highest BCUT2D eigenvalue weighted by atomic mass is 35.5. The van der Waals surface area contributed by atoms with Crippen molar-refractivity contribution in [1.82, 2.24) is 4.98 Å². The van der Waals surface area contributed by atoms with Crippen LogP contribution in [0.1, 0.15) is 17.2 Å². The molecule has 0 bridgehead atoms. The van der Waals surface area contributed by atoms with Gasteiger partial charge in [-0.05, 0) is 46.7 Å². The molecule has 1 atom stereocenters. The van der Waals surface area contributed by atoms with Gasteiger partial charge in [0.2, 0.25) is 0 Å². The first-order chi connectivity index (χ1) is 14.2. The molecular formula is C24H17ClN2OS. The normalized spacial score (nSPS) is 12.3. The molecule has 3 nitrogen and oxygen atoms in total. The molecule has 4 aromatic carbocycles. The Hall–Kier alpha value is -3.08. The largest absolute Gasteiger partial charge is 0.508 e. The number of halogens is 1. The van der Waals surface area contributed by atoms with E-state index in [4.69, 9.17) is 16.6 Å². The molecule has 0 saturated heterocycles. The predicted molar refractivity (Wildman–Crippen MR) is 122 cm³/mol. The van der Waals surface area contributed by atoms with Crippen LogP contribution in [0.4, 0.5) is 5.13 Å². The number of aromatic nitrogens is 1. The minimum absolute atomic E-state index is 0.238. The zero-order valence-corrected chi connectivity index (χ0v) is 16.9. The number of nitrogens with zero attached hydrogens (tertiary/aromatic N) is 1. The number of para-hydroxylation sites is 1. The molecule has 1 heterocycles. The molecule has 0 aliphatic carbocycles. The van der Waals surface area contributed by atoms with Gasteiger partial charge in [-0.25, -0.2) is 4.98 Å². The third-order valence-electron chi connectivity index (χ3n) is 4.98. The number of anilines is 1. The van der Waals surface area contributed by atoms with Crippen LogP contribution in [-0.2, 0) is 0 Å². The third-order valence-corrected chi connectivity index (χ3v) is 6.18. The number of nitrogens with one attached hydrogen (secondary N) is 1. The molecule has 0 amide bonds. The van der Waals surface area contributed by atoms with Gasteiger partial charge in [-0.3, -0.25) is 0 Å². The number of fused-ring (bicyclic) bond motifs is 2. The summed E-state index contributed by atoms with van der Waals surface area (Å²) in [4.78, 5) is 4.73. The Kier molecular flexibility index (Phi) is 4.58. The van der Waals surface area contributed by atoms with Crippen LogP contribution >= 0.6 is 22.9 Å². The number of hydrogen-bond acceptors (Lipinski definition) is 4. The zero-order valence-electron chi connectivity index (χ0n) is 15.3. The SMILES string of the molecule is Oc1ccc2ccccc2c1C(Nc1nc2ccccc2s1)c1cccc(Cl)c1. The van der Waals surface area contributed by atoms with Gasteiger partial charge in [0, 0.05) is 10.6 Å². The molecule has 0 radical (unpaired) electrons. The molecule has 0 fully saturated rings. The maximum Gasteiger partial charge on any atom is 0.184 e. The molecule has 0 spiro atoms. The highest BCUT2D eigenvalue weighted by Gasteiger charge is 2.22. The summed E-state index contributed by atoms with van der Waals surface area (Å²) < 4.78 is 1.11. The van der Waals surface area contributed by atoms with E-state index in [0.29, 0.717) is 5.02 Å². The second-order valence-electron chi connectivity index (χ2n) is 6.84. The van der Waals surface area contributed by atoms with Crippen molar-refractivity contribution in [3.8, 4) is 5.75 Å². The van der Waals surface area contributed by atoms with Crippen molar-refractivity contribution in [3.63, 3.8) is 0 Å². The molecule has 5 rings (SSSR count). The molecule has 5 aromatic rings. The zero-order chi connectivity index (χ0) is 19.8. The van der Waals surface area contributed by atoms with Gasteiger partial charge in [0.1, 0.15) is 5.75 Å². The maximum absolute atomic E-state index is 10.8. The molecule has 29 heavy (non-hydrogen) atoms. The third kappa shape index (κ3) is 3.41. The fourth-order valence-corrected chi connectivity index (χ4v) is 4.75. The molecule has 0 saturated carbocycles. The Balaban J connectivity index is 1.70. The summed E-state index contributed by atoms with van der Waals surface area (Å²) in [5, 5.41) is 17.9. The van der Waals surface area contributed by atoms with E-state index in [1.807, 2.05) is 72.8 Å². The van der Waals surface area contributed by atoms with Crippen LogP contribution in [0.5, 0.6) is 5.75 Å². The monoisotopic (exact) mass is 416 g/mol. The predicted octanol–water partition coefficient (Wildman–Crippen LogP) is 7.01. The van der Waals surface area contributed by atoms with E-state index >= 15 is 0 Å². The lowest BCUT2D eigenvalue weighted by Gasteiger charge is -2.22. The van der Waals surface area contributed by atoms with Gasteiger partial charge in [-0.15, -0.1) is 0 Å². The molecule has 5 heteroatoms. The van der Waals surface area contributed by atoms with E-state index in [9.17, 15) is 5.11 Å². The minimum Gasteiger partial charge on any atom is -0.508 e. The molecule has 2 N–H and O–H groups in total. The Morgan fingerprint density at radius 1 is 0.897 bits per heavy atom. The average Bonchev–Trinajstić information content (AvgIpc) is 3.15. The van der Waals surface area contributed by atoms with Crippen LogP contribution in [-0.4, -0.2) is 10.1 Å². The van der Waals surface area contributed by atoms with Gasteiger partial charge in [0.15, 0.2) is 5.13 Å². The number of thiazole rings is 1. The Morgan fingerprint density at radius 2 is 1.72 bits per heavy atom. The quantitative estimate of drug-likeness (QED) is 0.331. The first-order valence-corrected chi connectivity index (χ1v) is 10.5. The van der Waals surface area contributed by atoms with Crippen LogP contribution in [0.3, 0.4) is 0 Å². The number of benzene rings is 4. The lowest BCUT2D eigenvalue weighted by atomic mass is 9.93. The van der Waals surface area contributed by atoms with Crippen molar-refractivity contribution < 1.29 is 5.11 Å². The summed E-state index contributed by atoms with van der Waals surface area (Å²) in [5.74, 6) is 0.238. The summed E-state index contributed by atoms with van der Waals surface area (Å²) in [6, 6.07) is 27.2. The topological polar surface area (TPSA) is 45.1 Å². The Bertz CT molecular complexity index is 1300. The molecule has 0 aliphatic heterocycles. The van der Waals surface area contributed by atoms with Crippen LogP contribution in [0.2, 0.25) is 5.02 Å². The summed E-state index contributed by atoms with van der Waals surface area (Å²) in [5.41, 5.74) is 2.72. The van der Waals surface area contributed by atoms with Crippen LogP contribution in [0, 0.1) is 0 Å². The second-order valence-corrected chi connectivity index (χ2v) is 8.31. The van der Waals surface area contributed by atoms with Crippen LogP contribution in [0.15, 0.2) is 84.9 Å². The lowest BCUT2D eigenvalue weighted by molar-refractivity contribution is 0.468. The number of rotatable bonds is 4. The van der Waals surface area contributed by atoms with Gasteiger partial charge in [-0.2, -0.15) is 0 Å². The average molecular weight is 417 g/mol. The summed E-state index contributed by atoms with van der Waals surface area (Å²) in [6.07, 6.45) is 0. The van der Waals surface area contributed by atoms with E-state index in [-0.39, 0.29) is 11.8 Å². The van der Waals surface area contributed by atoms with Crippen molar-refractivity contribution >= 4 is 49.1 Å². The standard InChI is InChI=1S/C24H17ClN2OS/c25-17-8-5-7-16(14-17)23(27-24-26-19-10-3-4-11-21(19)29-24)22-18-9-2-1-6-15(18)12-13-20(22)28/h1-14,23,28H,(H,26,27). The highest BCUT2D eigenvalue weighted by molar-refractivity contribution is 7.22. The molecule has 1 aromatic heterocycles. The van der Waals surface area contributed by atoms with Crippen molar-refractivity contribution in [2.75, 3.05) is 5.32 Å². The summed E-state index contributed by atoms with van der Waals surface area (Å²) >= 11 is 7.89. The van der Waals surface area contributed by atoms with E-state index < -0.39 is 0 Å². The van der Waals surface area contributed by atoms with Crippen LogP contribution < -0.4 is 5.32 Å². The van der Waals surface area contributed by atoms with Crippen molar-refractivity contribution in [3.05, 3.63) is 101 Å². The van der Waals surface area contributed by atoms with E-state index in [1.165, 1.54) is 0 Å². The van der Waals surface area contributed by atoms with E-state index in [1.54, 1.807) is 17.4 Å². The van der Waals surface area contributed by atoms with Crippen LogP contribution in [0.25, 0.3) is 21.0 Å². The van der Waals surface area contributed by atoms with Gasteiger partial charge < -0.3 is 10.4 Å². The summed E-state index contributed by atoms with van der Waals surface area (Å²) in [6.45, 7) is 0. The fraction of sp³-hybridized carbons (Fsp3) is 0.0417. The number of aromatic hydroxyl groups is 1. The summed E-state index contributed by atoms with van der Waals surface area (Å²) in [7, 11) is 0. The maximum atomic E-state index is 10.8. The number of phenols is 1. The number of hydrogen-bond donors (Lipinski definition) is 2. The second kappa shape index (κ2) is 7.39. The smallest absolute Gasteiger partial charge is 0.184 e. The van der Waals surface area contributed by atoms with E-state index in [2.05, 4.69) is 11.4 Å². The molecule has 142 valence electrons. The van der Waals surface area contributed by atoms with Crippen molar-refractivity contribution in [2.24, 2.45) is 0 Å².